The third-order valence-corrected chi connectivity index (χ3v) is 6.60. The van der Waals surface area contributed by atoms with Gasteiger partial charge in [-0.1, -0.05) is 19.9 Å². The molecular formula is C25H28F3N3O2. The predicted octanol–water partition coefficient (Wildman–Crippen LogP) is 6.70. The van der Waals surface area contributed by atoms with Crippen molar-refractivity contribution in [3.05, 3.63) is 53.7 Å². The van der Waals surface area contributed by atoms with Crippen molar-refractivity contribution in [2.24, 2.45) is 11.8 Å². The number of nitrogens with one attached hydrogen (secondary N) is 1. The molecule has 0 spiro atoms. The molecule has 1 aromatic heterocycles. The first-order chi connectivity index (χ1) is 15.7. The summed E-state index contributed by atoms with van der Waals surface area (Å²) in [5, 5.41) is 8.25. The first kappa shape index (κ1) is 23.1. The summed E-state index contributed by atoms with van der Waals surface area (Å²) in [5.74, 6) is 1.20. The van der Waals surface area contributed by atoms with Crippen LogP contribution in [0.25, 0.3) is 10.9 Å². The van der Waals surface area contributed by atoms with Gasteiger partial charge in [0.15, 0.2) is 0 Å². The Labute approximate surface area is 190 Å². The van der Waals surface area contributed by atoms with E-state index in [-0.39, 0.29) is 5.56 Å². The number of alkyl halides is 3. The molecule has 1 N–H and O–H groups in total. The van der Waals surface area contributed by atoms with Gasteiger partial charge >= 0.3 is 6.18 Å². The number of hydrogen-bond acceptors (Lipinski definition) is 3. The van der Waals surface area contributed by atoms with Crippen LogP contribution in [-0.4, -0.2) is 22.8 Å². The molecule has 1 amide bonds. The number of carbonyl (C=O) groups is 1. The summed E-state index contributed by atoms with van der Waals surface area (Å²) in [6.07, 6.45) is 1.96. The number of ether oxygens (including phenoxy) is 1. The number of anilines is 1. The second-order valence-electron chi connectivity index (χ2n) is 9.07. The first-order valence-corrected chi connectivity index (χ1v) is 11.2. The van der Waals surface area contributed by atoms with Gasteiger partial charge in [0.05, 0.1) is 29.9 Å². The van der Waals surface area contributed by atoms with Crippen LogP contribution in [0.5, 0.6) is 5.75 Å². The van der Waals surface area contributed by atoms with E-state index >= 15 is 0 Å². The van der Waals surface area contributed by atoms with Gasteiger partial charge < -0.3 is 10.1 Å². The number of aromatic nitrogens is 2. The lowest BCUT2D eigenvalue weighted by atomic mass is 9.80. The predicted molar refractivity (Wildman–Crippen MR) is 122 cm³/mol. The SMILES string of the molecule is COc1cc2nn([C@H]3CC[C@H](C(C)C)CC3)cc2cc1NC(=O)c1cccc(C(F)(F)F)c1. The van der Waals surface area contributed by atoms with Gasteiger partial charge in [-0.2, -0.15) is 18.3 Å². The van der Waals surface area contributed by atoms with Crippen LogP contribution in [0.2, 0.25) is 0 Å². The fraction of sp³-hybridized carbons (Fsp3) is 0.440. The highest BCUT2D eigenvalue weighted by molar-refractivity contribution is 6.06. The number of hydrogen-bond donors (Lipinski definition) is 1. The summed E-state index contributed by atoms with van der Waals surface area (Å²) in [7, 11) is 1.48. The number of methoxy groups -OCH3 is 1. The largest absolute Gasteiger partial charge is 0.494 e. The van der Waals surface area contributed by atoms with Gasteiger partial charge in [0.2, 0.25) is 0 Å². The Morgan fingerprint density at radius 3 is 2.52 bits per heavy atom. The summed E-state index contributed by atoms with van der Waals surface area (Å²) >= 11 is 0. The minimum absolute atomic E-state index is 0.0791. The molecule has 5 nitrogen and oxygen atoms in total. The maximum Gasteiger partial charge on any atom is 0.416 e. The van der Waals surface area contributed by atoms with Crippen LogP contribution in [0.1, 0.15) is 61.5 Å². The molecular weight excluding hydrogens is 431 g/mol. The van der Waals surface area contributed by atoms with Crippen LogP contribution in [0, 0.1) is 11.8 Å². The number of benzene rings is 2. The lowest BCUT2D eigenvalue weighted by Crippen LogP contribution is -2.21. The number of halogens is 3. The van der Waals surface area contributed by atoms with Crippen molar-refractivity contribution in [2.75, 3.05) is 12.4 Å². The zero-order valence-electron chi connectivity index (χ0n) is 18.9. The minimum Gasteiger partial charge on any atom is -0.494 e. The van der Waals surface area contributed by atoms with Crippen molar-refractivity contribution >= 4 is 22.5 Å². The molecule has 33 heavy (non-hydrogen) atoms. The monoisotopic (exact) mass is 459 g/mol. The lowest BCUT2D eigenvalue weighted by molar-refractivity contribution is -0.137. The Morgan fingerprint density at radius 1 is 1.15 bits per heavy atom. The molecule has 0 saturated heterocycles. The van der Waals surface area contributed by atoms with Crippen molar-refractivity contribution in [1.82, 2.24) is 9.78 Å². The van der Waals surface area contributed by atoms with Gasteiger partial charge in [-0.05, 0) is 61.8 Å². The summed E-state index contributed by atoms with van der Waals surface area (Å²) in [6, 6.07) is 8.17. The standard InChI is InChI=1S/C25H28F3N3O2/c1-15(2)16-7-9-20(10-8-16)31-14-18-12-22(23(33-3)13-21(18)30-31)29-24(32)17-5-4-6-19(11-17)25(26,27)28/h4-6,11-16,20H,7-10H2,1-3H3,(H,29,32)/t16-,20-. The molecule has 1 saturated carbocycles. The molecule has 0 aliphatic heterocycles. The average Bonchev–Trinajstić information content (AvgIpc) is 3.21. The van der Waals surface area contributed by atoms with Crippen LogP contribution in [0.15, 0.2) is 42.6 Å². The van der Waals surface area contributed by atoms with E-state index in [1.807, 2.05) is 10.9 Å². The molecule has 1 aliphatic carbocycles. The second-order valence-corrected chi connectivity index (χ2v) is 9.07. The molecule has 0 atom stereocenters. The van der Waals surface area contributed by atoms with E-state index in [0.29, 0.717) is 23.4 Å². The number of amides is 1. The Hall–Kier alpha value is -3.03. The molecule has 8 heteroatoms. The average molecular weight is 460 g/mol. The maximum absolute atomic E-state index is 13.0. The topological polar surface area (TPSA) is 56.1 Å². The number of nitrogens with zero attached hydrogens (tertiary/aromatic N) is 2. The van der Waals surface area contributed by atoms with E-state index in [1.165, 1.54) is 32.1 Å². The van der Waals surface area contributed by atoms with Gasteiger partial charge in [-0.25, -0.2) is 0 Å². The van der Waals surface area contributed by atoms with Gasteiger partial charge in [-0.15, -0.1) is 0 Å². The summed E-state index contributed by atoms with van der Waals surface area (Å²) in [6.45, 7) is 4.54. The quantitative estimate of drug-likeness (QED) is 0.462. The zero-order valence-corrected chi connectivity index (χ0v) is 18.9. The molecule has 0 unspecified atom stereocenters. The summed E-state index contributed by atoms with van der Waals surface area (Å²) in [5.41, 5.74) is 0.181. The number of fused-ring (bicyclic) bond motifs is 1. The van der Waals surface area contributed by atoms with E-state index in [0.717, 1.165) is 41.8 Å². The number of carbonyl (C=O) groups excluding carboxylic acids is 1. The van der Waals surface area contributed by atoms with E-state index in [2.05, 4.69) is 19.2 Å². The highest BCUT2D eigenvalue weighted by Gasteiger charge is 2.31. The molecule has 0 bridgehead atoms. The smallest absolute Gasteiger partial charge is 0.416 e. The normalized spacial score (nSPS) is 19.1. The second kappa shape index (κ2) is 9.08. The Balaban J connectivity index is 1.56. The molecule has 3 aromatic rings. The minimum atomic E-state index is -4.52. The third kappa shape index (κ3) is 4.99. The third-order valence-electron chi connectivity index (χ3n) is 6.60. The Morgan fingerprint density at radius 2 is 1.88 bits per heavy atom. The van der Waals surface area contributed by atoms with Crippen molar-refractivity contribution < 1.29 is 22.7 Å². The number of rotatable bonds is 5. The molecule has 2 aromatic carbocycles. The molecule has 1 fully saturated rings. The van der Waals surface area contributed by atoms with Gasteiger partial charge in [0.1, 0.15) is 5.75 Å². The van der Waals surface area contributed by atoms with Crippen LogP contribution >= 0.6 is 0 Å². The maximum atomic E-state index is 13.0. The first-order valence-electron chi connectivity index (χ1n) is 11.2. The highest BCUT2D eigenvalue weighted by Crippen LogP contribution is 2.37. The van der Waals surface area contributed by atoms with E-state index in [9.17, 15) is 18.0 Å². The fourth-order valence-electron chi connectivity index (χ4n) is 4.59. The van der Waals surface area contributed by atoms with Gasteiger partial charge in [-0.3, -0.25) is 9.48 Å². The van der Waals surface area contributed by atoms with Gasteiger partial charge in [0, 0.05) is 23.2 Å². The summed E-state index contributed by atoms with van der Waals surface area (Å²) < 4.78 is 46.4. The van der Waals surface area contributed by atoms with Crippen LogP contribution in [0.4, 0.5) is 18.9 Å². The zero-order chi connectivity index (χ0) is 23.8. The van der Waals surface area contributed by atoms with Crippen molar-refractivity contribution in [2.45, 2.75) is 51.7 Å². The van der Waals surface area contributed by atoms with E-state index in [1.54, 1.807) is 12.1 Å². The molecule has 0 radical (unpaired) electrons. The molecule has 4 rings (SSSR count). The summed E-state index contributed by atoms with van der Waals surface area (Å²) in [4.78, 5) is 12.7. The van der Waals surface area contributed by atoms with E-state index in [4.69, 9.17) is 9.84 Å². The van der Waals surface area contributed by atoms with Gasteiger partial charge in [0.25, 0.3) is 5.91 Å². The van der Waals surface area contributed by atoms with Crippen molar-refractivity contribution in [1.29, 1.82) is 0 Å². The molecule has 176 valence electrons. The molecule has 1 aliphatic rings. The van der Waals surface area contributed by atoms with E-state index < -0.39 is 17.6 Å². The Kier molecular flexibility index (Phi) is 6.36. The Bertz CT molecular complexity index is 1150. The van der Waals surface area contributed by atoms with Crippen LogP contribution < -0.4 is 10.1 Å². The lowest BCUT2D eigenvalue weighted by Gasteiger charge is -2.30. The molecule has 1 heterocycles. The fourth-order valence-corrected chi connectivity index (χ4v) is 4.59. The highest BCUT2D eigenvalue weighted by atomic mass is 19.4. The van der Waals surface area contributed by atoms with Crippen molar-refractivity contribution in [3.63, 3.8) is 0 Å². The van der Waals surface area contributed by atoms with Crippen LogP contribution in [0.3, 0.4) is 0 Å². The van der Waals surface area contributed by atoms with Crippen LogP contribution in [-0.2, 0) is 6.18 Å². The van der Waals surface area contributed by atoms with Crippen molar-refractivity contribution in [3.8, 4) is 5.75 Å².